The number of nitrogens with one attached hydrogen (secondary N) is 1. The molecule has 7 heteroatoms. The van der Waals surface area contributed by atoms with Crippen molar-refractivity contribution in [2.45, 2.75) is 58.5 Å². The van der Waals surface area contributed by atoms with E-state index in [1.165, 1.54) is 4.90 Å². The molecule has 0 saturated heterocycles. The van der Waals surface area contributed by atoms with Crippen LogP contribution in [0.2, 0.25) is 0 Å². The van der Waals surface area contributed by atoms with Gasteiger partial charge in [-0.1, -0.05) is 49.4 Å². The molecule has 0 fully saturated rings. The Kier molecular flexibility index (Phi) is 8.57. The number of fused-ring (bicyclic) bond motifs is 1. The first-order valence-electron chi connectivity index (χ1n) is 11.9. The van der Waals surface area contributed by atoms with Gasteiger partial charge in [0.1, 0.15) is 6.04 Å². The van der Waals surface area contributed by atoms with E-state index in [4.69, 9.17) is 0 Å². The van der Waals surface area contributed by atoms with Crippen LogP contribution in [0.25, 0.3) is 0 Å². The fourth-order valence-corrected chi connectivity index (χ4v) is 4.01. The number of rotatable bonds is 11. The van der Waals surface area contributed by atoms with E-state index in [1.807, 2.05) is 44.2 Å². The minimum absolute atomic E-state index is 0.0230. The van der Waals surface area contributed by atoms with Gasteiger partial charge in [-0.15, -0.1) is 0 Å². The summed E-state index contributed by atoms with van der Waals surface area (Å²) >= 11 is 0. The molecular formula is C27H33N3O4. The summed E-state index contributed by atoms with van der Waals surface area (Å²) in [5.41, 5.74) is 1.89. The molecule has 0 unspecified atom stereocenters. The normalized spacial score (nSPS) is 14.5. The molecule has 0 saturated carbocycles. The van der Waals surface area contributed by atoms with Gasteiger partial charge in [-0.25, -0.2) is 0 Å². The minimum atomic E-state index is -0.621. The highest BCUT2D eigenvalue weighted by atomic mass is 16.2. The van der Waals surface area contributed by atoms with Crippen LogP contribution in [0.15, 0.2) is 54.6 Å². The van der Waals surface area contributed by atoms with Crippen LogP contribution >= 0.6 is 0 Å². The maximum absolute atomic E-state index is 13.2. The summed E-state index contributed by atoms with van der Waals surface area (Å²) in [6.07, 6.45) is 1.91. The molecule has 0 spiro atoms. The van der Waals surface area contributed by atoms with Crippen LogP contribution in [0.4, 0.5) is 0 Å². The standard InChI is InChI=1S/C27H33N3O4/c1-4-19(2)28-25(32)20(3)29(18-16-21-11-6-5-7-12-21)24(31)15-10-17-30-26(33)22-13-8-9-14-23(22)27(30)34/h5-9,11-14,19-20H,4,10,15-18H2,1-3H3,(H,28,32)/t19-,20+/m1/s1. The molecule has 1 N–H and O–H groups in total. The third-order valence-electron chi connectivity index (χ3n) is 6.30. The average molecular weight is 464 g/mol. The fourth-order valence-electron chi connectivity index (χ4n) is 4.01. The lowest BCUT2D eigenvalue weighted by Crippen LogP contribution is -2.50. The Morgan fingerprint density at radius 1 is 0.941 bits per heavy atom. The first-order valence-corrected chi connectivity index (χ1v) is 11.9. The van der Waals surface area contributed by atoms with E-state index in [9.17, 15) is 19.2 Å². The molecule has 0 aromatic heterocycles. The molecule has 34 heavy (non-hydrogen) atoms. The van der Waals surface area contributed by atoms with Crippen molar-refractivity contribution >= 4 is 23.6 Å². The number of benzene rings is 2. The van der Waals surface area contributed by atoms with Crippen molar-refractivity contribution in [3.63, 3.8) is 0 Å². The summed E-state index contributed by atoms with van der Waals surface area (Å²) in [6.45, 7) is 6.24. The number of hydrogen-bond acceptors (Lipinski definition) is 4. The smallest absolute Gasteiger partial charge is 0.261 e. The molecule has 7 nitrogen and oxygen atoms in total. The Bertz CT molecular complexity index is 1000. The number of carbonyl (C=O) groups is 4. The van der Waals surface area contributed by atoms with E-state index in [0.717, 1.165) is 12.0 Å². The Hall–Kier alpha value is -3.48. The van der Waals surface area contributed by atoms with Crippen LogP contribution in [-0.4, -0.2) is 58.6 Å². The summed E-state index contributed by atoms with van der Waals surface area (Å²) < 4.78 is 0. The van der Waals surface area contributed by atoms with Crippen molar-refractivity contribution in [2.24, 2.45) is 0 Å². The van der Waals surface area contributed by atoms with E-state index >= 15 is 0 Å². The summed E-state index contributed by atoms with van der Waals surface area (Å²) in [5, 5.41) is 2.96. The lowest BCUT2D eigenvalue weighted by Gasteiger charge is -2.30. The molecule has 2 aromatic carbocycles. The number of amides is 4. The number of nitrogens with zero attached hydrogens (tertiary/aromatic N) is 2. The number of hydrogen-bond donors (Lipinski definition) is 1. The highest BCUT2D eigenvalue weighted by molar-refractivity contribution is 6.21. The summed E-state index contributed by atoms with van der Waals surface area (Å²) in [7, 11) is 0. The predicted molar refractivity (Wildman–Crippen MR) is 130 cm³/mol. The van der Waals surface area contributed by atoms with Crippen LogP contribution in [-0.2, 0) is 16.0 Å². The summed E-state index contributed by atoms with van der Waals surface area (Å²) in [4.78, 5) is 53.9. The molecule has 0 aliphatic carbocycles. The van der Waals surface area contributed by atoms with Gasteiger partial charge in [-0.05, 0) is 50.8 Å². The molecule has 1 heterocycles. The Morgan fingerprint density at radius 3 is 2.12 bits per heavy atom. The van der Waals surface area contributed by atoms with Crippen molar-refractivity contribution in [2.75, 3.05) is 13.1 Å². The maximum atomic E-state index is 13.2. The topological polar surface area (TPSA) is 86.8 Å². The van der Waals surface area contributed by atoms with E-state index < -0.39 is 6.04 Å². The van der Waals surface area contributed by atoms with Crippen LogP contribution in [0.3, 0.4) is 0 Å². The highest BCUT2D eigenvalue weighted by Gasteiger charge is 2.35. The van der Waals surface area contributed by atoms with Crippen LogP contribution in [0.5, 0.6) is 0 Å². The second-order valence-corrected chi connectivity index (χ2v) is 8.73. The number of carbonyl (C=O) groups excluding carboxylic acids is 4. The van der Waals surface area contributed by atoms with Crippen LogP contribution in [0.1, 0.15) is 66.3 Å². The van der Waals surface area contributed by atoms with E-state index in [1.54, 1.807) is 36.1 Å². The van der Waals surface area contributed by atoms with Crippen molar-refractivity contribution in [3.05, 3.63) is 71.3 Å². The molecule has 2 atom stereocenters. The molecule has 0 radical (unpaired) electrons. The van der Waals surface area contributed by atoms with Crippen molar-refractivity contribution in [1.82, 2.24) is 15.1 Å². The second-order valence-electron chi connectivity index (χ2n) is 8.73. The SMILES string of the molecule is CC[C@@H](C)NC(=O)[C@H](C)N(CCc1ccccc1)C(=O)CCCN1C(=O)c2ccccc2C1=O. The van der Waals surface area contributed by atoms with E-state index in [2.05, 4.69) is 5.32 Å². The zero-order valence-corrected chi connectivity index (χ0v) is 20.1. The molecule has 1 aliphatic heterocycles. The quantitative estimate of drug-likeness (QED) is 0.517. The highest BCUT2D eigenvalue weighted by Crippen LogP contribution is 2.22. The fraction of sp³-hybridized carbons (Fsp3) is 0.407. The van der Waals surface area contributed by atoms with Gasteiger partial charge in [0.25, 0.3) is 11.8 Å². The second kappa shape index (κ2) is 11.6. The van der Waals surface area contributed by atoms with Gasteiger partial charge in [0.15, 0.2) is 0 Å². The largest absolute Gasteiger partial charge is 0.352 e. The lowest BCUT2D eigenvalue weighted by atomic mass is 10.1. The third-order valence-corrected chi connectivity index (χ3v) is 6.30. The Balaban J connectivity index is 1.62. The van der Waals surface area contributed by atoms with Crippen molar-refractivity contribution in [1.29, 1.82) is 0 Å². The molecule has 180 valence electrons. The molecule has 1 aliphatic rings. The zero-order valence-electron chi connectivity index (χ0n) is 20.1. The maximum Gasteiger partial charge on any atom is 0.261 e. The predicted octanol–water partition coefficient (Wildman–Crippen LogP) is 3.44. The minimum Gasteiger partial charge on any atom is -0.352 e. The molecule has 2 aromatic rings. The average Bonchev–Trinajstić information content (AvgIpc) is 3.09. The zero-order chi connectivity index (χ0) is 24.7. The Labute approximate surface area is 201 Å². The van der Waals surface area contributed by atoms with E-state index in [0.29, 0.717) is 30.5 Å². The first-order chi connectivity index (χ1) is 16.3. The van der Waals surface area contributed by atoms with Gasteiger partial charge < -0.3 is 10.2 Å². The van der Waals surface area contributed by atoms with Gasteiger partial charge in [-0.3, -0.25) is 24.1 Å². The third kappa shape index (κ3) is 5.90. The summed E-state index contributed by atoms with van der Waals surface area (Å²) in [5.74, 6) is -0.999. The first kappa shape index (κ1) is 25.1. The molecule has 4 amide bonds. The van der Waals surface area contributed by atoms with Gasteiger partial charge >= 0.3 is 0 Å². The van der Waals surface area contributed by atoms with Gasteiger partial charge in [-0.2, -0.15) is 0 Å². The number of imide groups is 1. The van der Waals surface area contributed by atoms with Crippen LogP contribution in [0, 0.1) is 0 Å². The van der Waals surface area contributed by atoms with Gasteiger partial charge in [0, 0.05) is 25.6 Å². The van der Waals surface area contributed by atoms with E-state index in [-0.39, 0.29) is 42.6 Å². The van der Waals surface area contributed by atoms with Gasteiger partial charge in [0.05, 0.1) is 11.1 Å². The molecule has 3 rings (SSSR count). The molecular weight excluding hydrogens is 430 g/mol. The Morgan fingerprint density at radius 2 is 1.53 bits per heavy atom. The van der Waals surface area contributed by atoms with Crippen molar-refractivity contribution < 1.29 is 19.2 Å². The summed E-state index contributed by atoms with van der Waals surface area (Å²) in [6, 6.07) is 16.0. The van der Waals surface area contributed by atoms with Crippen molar-refractivity contribution in [3.8, 4) is 0 Å². The van der Waals surface area contributed by atoms with Gasteiger partial charge in [0.2, 0.25) is 11.8 Å². The van der Waals surface area contributed by atoms with Crippen LogP contribution < -0.4 is 5.32 Å². The monoisotopic (exact) mass is 463 g/mol. The molecule has 0 bridgehead atoms. The lowest BCUT2D eigenvalue weighted by molar-refractivity contribution is -0.140.